The molecule has 2 aromatic rings. The van der Waals surface area contributed by atoms with Gasteiger partial charge in [0.1, 0.15) is 11.5 Å². The van der Waals surface area contributed by atoms with Gasteiger partial charge in [-0.15, -0.1) is 0 Å². The highest BCUT2D eigenvalue weighted by Gasteiger charge is 2.16. The zero-order chi connectivity index (χ0) is 18.5. The summed E-state index contributed by atoms with van der Waals surface area (Å²) in [6, 6.07) is 11.7. The van der Waals surface area contributed by atoms with Crippen LogP contribution in [0.25, 0.3) is 5.57 Å². The number of hydrogen-bond donors (Lipinski definition) is 0. The number of carbonyl (C=O) groups excluding carboxylic acids is 1. The van der Waals surface area contributed by atoms with Gasteiger partial charge in [0.25, 0.3) is 0 Å². The van der Waals surface area contributed by atoms with Gasteiger partial charge >= 0.3 is 0 Å². The monoisotopic (exact) mass is 478 g/mol. The van der Waals surface area contributed by atoms with E-state index in [1.807, 2.05) is 30.3 Å². The van der Waals surface area contributed by atoms with Crippen molar-refractivity contribution in [2.45, 2.75) is 26.2 Å². The molecular weight excluding hydrogens is 460 g/mol. The zero-order valence-corrected chi connectivity index (χ0v) is 17.7. The van der Waals surface area contributed by atoms with Gasteiger partial charge in [0.15, 0.2) is 5.78 Å². The van der Waals surface area contributed by atoms with Gasteiger partial charge in [-0.25, -0.2) is 0 Å². The molecule has 2 heterocycles. The smallest absolute Gasteiger partial charge is 0.166 e. The maximum atomic E-state index is 11.5. The van der Waals surface area contributed by atoms with Gasteiger partial charge in [-0.2, -0.15) is 0 Å². The van der Waals surface area contributed by atoms with Gasteiger partial charge < -0.3 is 9.47 Å². The number of Topliss-reactive ketones (excluding diaryl/α,β-unsaturated/α-hetero) is 1. The van der Waals surface area contributed by atoms with E-state index in [2.05, 4.69) is 50.9 Å². The number of ketones is 1. The first kappa shape index (κ1) is 19.2. The van der Waals surface area contributed by atoms with Crippen molar-refractivity contribution in [2.24, 2.45) is 0 Å². The van der Waals surface area contributed by atoms with Gasteiger partial charge in [-0.3, -0.25) is 4.79 Å². The van der Waals surface area contributed by atoms with Crippen LogP contribution in [-0.4, -0.2) is 19.0 Å². The molecule has 0 saturated heterocycles. The van der Waals surface area contributed by atoms with E-state index in [0.29, 0.717) is 24.3 Å². The summed E-state index contributed by atoms with van der Waals surface area (Å²) in [4.78, 5) is 11.5. The van der Waals surface area contributed by atoms with Crippen molar-refractivity contribution < 1.29 is 14.3 Å². The first-order valence-electron chi connectivity index (χ1n) is 8.59. The van der Waals surface area contributed by atoms with Gasteiger partial charge in [0.2, 0.25) is 0 Å². The van der Waals surface area contributed by atoms with E-state index in [9.17, 15) is 4.79 Å². The minimum Gasteiger partial charge on any atom is -0.493 e. The van der Waals surface area contributed by atoms with Crippen LogP contribution in [0, 0.1) is 0 Å². The third-order valence-corrected chi connectivity index (χ3v) is 5.23. The summed E-state index contributed by atoms with van der Waals surface area (Å²) in [7, 11) is 0. The van der Waals surface area contributed by atoms with Crippen LogP contribution in [-0.2, 0) is 0 Å². The molecule has 0 atom stereocenters. The van der Waals surface area contributed by atoms with Crippen LogP contribution in [0.1, 0.15) is 42.1 Å². The van der Waals surface area contributed by atoms with Crippen LogP contribution in [0.3, 0.4) is 0 Å². The van der Waals surface area contributed by atoms with Crippen LogP contribution >= 0.6 is 31.9 Å². The second-order valence-corrected chi connectivity index (χ2v) is 8.01. The van der Waals surface area contributed by atoms with Crippen LogP contribution in [0.5, 0.6) is 11.5 Å². The SMILES string of the molecule is CC1=CCCOc2cc(Br)ccc21.O=C1CCCOc2cc(Br)ccc21. The van der Waals surface area contributed by atoms with Gasteiger partial charge in [0, 0.05) is 27.4 Å². The summed E-state index contributed by atoms with van der Waals surface area (Å²) in [6.07, 6.45) is 4.62. The summed E-state index contributed by atoms with van der Waals surface area (Å²) in [6.45, 7) is 3.54. The van der Waals surface area contributed by atoms with Gasteiger partial charge in [-0.05, 0) is 55.3 Å². The fourth-order valence-electron chi connectivity index (χ4n) is 2.89. The minimum atomic E-state index is 0.181. The molecule has 2 aromatic carbocycles. The molecule has 0 bridgehead atoms. The molecule has 0 aromatic heterocycles. The normalized spacial score (nSPS) is 15.7. The molecule has 4 rings (SSSR count). The van der Waals surface area contributed by atoms with E-state index >= 15 is 0 Å². The fraction of sp³-hybridized carbons (Fsp3) is 0.286. The predicted octanol–water partition coefficient (Wildman–Crippen LogP) is 6.44. The molecule has 0 saturated carbocycles. The second-order valence-electron chi connectivity index (χ2n) is 6.18. The molecule has 0 unspecified atom stereocenters. The quantitative estimate of drug-likeness (QED) is 0.436. The van der Waals surface area contributed by atoms with Crippen molar-refractivity contribution in [2.75, 3.05) is 13.2 Å². The highest BCUT2D eigenvalue weighted by Crippen LogP contribution is 2.31. The lowest BCUT2D eigenvalue weighted by molar-refractivity contribution is 0.0983. The first-order valence-corrected chi connectivity index (χ1v) is 10.2. The molecule has 0 aliphatic carbocycles. The Morgan fingerprint density at radius 3 is 2.23 bits per heavy atom. The van der Waals surface area contributed by atoms with Crippen LogP contribution in [0.15, 0.2) is 51.4 Å². The second kappa shape index (κ2) is 8.87. The largest absolute Gasteiger partial charge is 0.493 e. The Kier molecular flexibility index (Phi) is 6.54. The topological polar surface area (TPSA) is 35.5 Å². The summed E-state index contributed by atoms with van der Waals surface area (Å²) < 4.78 is 13.1. The van der Waals surface area contributed by atoms with Crippen LogP contribution in [0.4, 0.5) is 0 Å². The van der Waals surface area contributed by atoms with E-state index in [1.165, 1.54) is 11.1 Å². The molecule has 0 N–H and O–H groups in total. The van der Waals surface area contributed by atoms with Crippen molar-refractivity contribution in [1.29, 1.82) is 0 Å². The van der Waals surface area contributed by atoms with Gasteiger partial charge in [-0.1, -0.05) is 37.9 Å². The third kappa shape index (κ3) is 4.77. The maximum absolute atomic E-state index is 11.5. The molecular formula is C21H20Br2O3. The average molecular weight is 480 g/mol. The summed E-state index contributed by atoms with van der Waals surface area (Å²) in [5, 5.41) is 0. The fourth-order valence-corrected chi connectivity index (χ4v) is 3.57. The number of carbonyl (C=O) groups is 1. The number of ether oxygens (including phenoxy) is 2. The molecule has 0 amide bonds. The van der Waals surface area contributed by atoms with Crippen molar-refractivity contribution in [3.8, 4) is 11.5 Å². The third-order valence-electron chi connectivity index (χ3n) is 4.24. The predicted molar refractivity (Wildman–Crippen MR) is 111 cm³/mol. The van der Waals surface area contributed by atoms with Gasteiger partial charge in [0.05, 0.1) is 18.8 Å². The summed E-state index contributed by atoms with van der Waals surface area (Å²) in [5.74, 6) is 1.87. The minimum absolute atomic E-state index is 0.181. The Hall–Kier alpha value is -1.59. The number of allylic oxidation sites excluding steroid dienone is 1. The lowest BCUT2D eigenvalue weighted by atomic mass is 10.1. The maximum Gasteiger partial charge on any atom is 0.166 e. The number of halogens is 2. The highest BCUT2D eigenvalue weighted by atomic mass is 79.9. The Balaban J connectivity index is 0.000000151. The molecule has 0 fully saturated rings. The summed E-state index contributed by atoms with van der Waals surface area (Å²) >= 11 is 6.78. The van der Waals surface area contributed by atoms with E-state index in [1.54, 1.807) is 0 Å². The Bertz CT molecular complexity index is 834. The molecule has 2 aliphatic heterocycles. The Morgan fingerprint density at radius 1 is 0.885 bits per heavy atom. The van der Waals surface area contributed by atoms with Crippen molar-refractivity contribution in [3.63, 3.8) is 0 Å². The average Bonchev–Trinajstić information content (AvgIpc) is 2.91. The molecule has 3 nitrogen and oxygen atoms in total. The standard InChI is InChI=1S/C11H11BrO.C10H9BrO2/c1-8-3-2-6-13-11-7-9(12)4-5-10(8)11;11-7-3-4-8-9(12)2-1-5-13-10(8)6-7/h3-5,7H,2,6H2,1H3;3-4,6H,1-2,5H2. The highest BCUT2D eigenvalue weighted by molar-refractivity contribution is 9.10. The van der Waals surface area contributed by atoms with Crippen molar-refractivity contribution in [1.82, 2.24) is 0 Å². The molecule has 0 radical (unpaired) electrons. The lowest BCUT2D eigenvalue weighted by Crippen LogP contribution is -1.96. The van der Waals surface area contributed by atoms with E-state index < -0.39 is 0 Å². The molecule has 0 spiro atoms. The number of benzene rings is 2. The first-order chi connectivity index (χ1) is 12.5. The molecule has 136 valence electrons. The van der Waals surface area contributed by atoms with Crippen LogP contribution < -0.4 is 9.47 Å². The molecule has 26 heavy (non-hydrogen) atoms. The number of fused-ring (bicyclic) bond motifs is 2. The number of rotatable bonds is 0. The van der Waals surface area contributed by atoms with E-state index in [4.69, 9.17) is 9.47 Å². The van der Waals surface area contributed by atoms with Crippen molar-refractivity contribution in [3.05, 3.63) is 62.5 Å². The Labute approximate surface area is 170 Å². The summed E-state index contributed by atoms with van der Waals surface area (Å²) in [5.41, 5.74) is 3.22. The zero-order valence-electron chi connectivity index (χ0n) is 14.6. The molecule has 5 heteroatoms. The molecule has 2 aliphatic rings. The van der Waals surface area contributed by atoms with E-state index in [-0.39, 0.29) is 5.78 Å². The van der Waals surface area contributed by atoms with Crippen molar-refractivity contribution >= 4 is 43.2 Å². The lowest BCUT2D eigenvalue weighted by Gasteiger charge is -2.08. The Morgan fingerprint density at radius 2 is 1.50 bits per heavy atom. The van der Waals surface area contributed by atoms with Crippen LogP contribution in [0.2, 0.25) is 0 Å². The van der Waals surface area contributed by atoms with E-state index in [0.717, 1.165) is 34.1 Å². The number of hydrogen-bond acceptors (Lipinski definition) is 3.